The third kappa shape index (κ3) is 5.57. The number of rotatable bonds is 9. The molecule has 0 bridgehead atoms. The average Bonchev–Trinajstić information content (AvgIpc) is 3.10. The largest absolute Gasteiger partial charge is 0.481 e. The van der Waals surface area contributed by atoms with E-state index in [1.54, 1.807) is 6.33 Å². The fraction of sp³-hybridized carbons (Fsp3) is 0.286. The van der Waals surface area contributed by atoms with Crippen LogP contribution in [-0.4, -0.2) is 39.2 Å². The van der Waals surface area contributed by atoms with Gasteiger partial charge in [-0.2, -0.15) is 0 Å². The predicted octanol–water partition coefficient (Wildman–Crippen LogP) is 2.81. The lowest BCUT2D eigenvalue weighted by Crippen LogP contribution is -2.44. The van der Waals surface area contributed by atoms with Gasteiger partial charge in [0.25, 0.3) is 0 Å². The minimum Gasteiger partial charge on any atom is -0.481 e. The summed E-state index contributed by atoms with van der Waals surface area (Å²) < 4.78 is 1.99. The van der Waals surface area contributed by atoms with Crippen molar-refractivity contribution >= 4 is 23.0 Å². The van der Waals surface area contributed by atoms with Gasteiger partial charge in [0.05, 0.1) is 17.4 Å². The third-order valence-electron chi connectivity index (χ3n) is 4.53. The van der Waals surface area contributed by atoms with Crippen LogP contribution in [0.3, 0.4) is 0 Å². The SMILES string of the molecule is O=C(O)CCC(Cc1ccccc1)NC(=O)NCCn1cnc2ccccc21. The monoisotopic (exact) mass is 380 g/mol. The summed E-state index contributed by atoms with van der Waals surface area (Å²) in [4.78, 5) is 27.5. The van der Waals surface area contributed by atoms with Crippen LogP contribution in [0, 0.1) is 0 Å². The molecule has 7 nitrogen and oxygen atoms in total. The molecule has 0 saturated carbocycles. The van der Waals surface area contributed by atoms with Gasteiger partial charge in [0.1, 0.15) is 0 Å². The van der Waals surface area contributed by atoms with E-state index in [1.807, 2.05) is 59.2 Å². The zero-order valence-corrected chi connectivity index (χ0v) is 15.5. The molecule has 1 heterocycles. The van der Waals surface area contributed by atoms with Gasteiger partial charge in [-0.05, 0) is 30.5 Å². The molecule has 3 rings (SSSR count). The van der Waals surface area contributed by atoms with Crippen LogP contribution in [0.2, 0.25) is 0 Å². The second kappa shape index (κ2) is 9.55. The number of hydrogen-bond donors (Lipinski definition) is 3. The number of amides is 2. The molecule has 7 heteroatoms. The number of carbonyl (C=O) groups excluding carboxylic acids is 1. The molecule has 0 aliphatic carbocycles. The Hall–Kier alpha value is -3.35. The number of nitrogens with one attached hydrogen (secondary N) is 2. The lowest BCUT2D eigenvalue weighted by Gasteiger charge is -2.19. The quantitative estimate of drug-likeness (QED) is 0.532. The predicted molar refractivity (Wildman–Crippen MR) is 107 cm³/mol. The Kier molecular flexibility index (Phi) is 6.62. The first-order chi connectivity index (χ1) is 13.6. The van der Waals surface area contributed by atoms with E-state index >= 15 is 0 Å². The van der Waals surface area contributed by atoms with Crippen LogP contribution in [-0.2, 0) is 17.8 Å². The summed E-state index contributed by atoms with van der Waals surface area (Å²) in [5.41, 5.74) is 3.00. The number of carboxylic acid groups (broad SMARTS) is 1. The van der Waals surface area contributed by atoms with Gasteiger partial charge >= 0.3 is 12.0 Å². The summed E-state index contributed by atoms with van der Waals surface area (Å²) in [6, 6.07) is 17.0. The van der Waals surface area contributed by atoms with Crippen LogP contribution in [0.4, 0.5) is 4.79 Å². The molecule has 3 N–H and O–H groups in total. The Morgan fingerprint density at radius 1 is 1.07 bits per heavy atom. The second-order valence-corrected chi connectivity index (χ2v) is 6.65. The Balaban J connectivity index is 1.51. The zero-order valence-electron chi connectivity index (χ0n) is 15.5. The number of aromatic nitrogens is 2. The maximum atomic E-state index is 12.3. The van der Waals surface area contributed by atoms with Gasteiger partial charge in [0, 0.05) is 25.6 Å². The normalized spacial score (nSPS) is 11.9. The number of hydrogen-bond acceptors (Lipinski definition) is 3. The third-order valence-corrected chi connectivity index (χ3v) is 4.53. The van der Waals surface area contributed by atoms with Crippen molar-refractivity contribution in [1.82, 2.24) is 20.2 Å². The fourth-order valence-corrected chi connectivity index (χ4v) is 3.14. The van der Waals surface area contributed by atoms with E-state index < -0.39 is 5.97 Å². The van der Waals surface area contributed by atoms with E-state index in [-0.39, 0.29) is 18.5 Å². The maximum absolute atomic E-state index is 12.3. The fourth-order valence-electron chi connectivity index (χ4n) is 3.14. The molecule has 0 fully saturated rings. The summed E-state index contributed by atoms with van der Waals surface area (Å²) in [7, 11) is 0. The van der Waals surface area contributed by atoms with Crippen molar-refractivity contribution in [2.75, 3.05) is 6.54 Å². The van der Waals surface area contributed by atoms with Crippen molar-refractivity contribution in [2.45, 2.75) is 31.8 Å². The van der Waals surface area contributed by atoms with Gasteiger partial charge in [-0.15, -0.1) is 0 Å². The summed E-state index contributed by atoms with van der Waals surface area (Å²) >= 11 is 0. The van der Waals surface area contributed by atoms with Crippen LogP contribution >= 0.6 is 0 Å². The Bertz CT molecular complexity index is 924. The van der Waals surface area contributed by atoms with E-state index in [0.717, 1.165) is 16.6 Å². The maximum Gasteiger partial charge on any atom is 0.315 e. The van der Waals surface area contributed by atoms with Crippen molar-refractivity contribution in [2.24, 2.45) is 0 Å². The molecule has 2 amide bonds. The minimum atomic E-state index is -0.868. The summed E-state index contributed by atoms with van der Waals surface area (Å²) in [6.07, 6.45) is 2.74. The zero-order chi connectivity index (χ0) is 19.8. The van der Waals surface area contributed by atoms with Gasteiger partial charge in [-0.25, -0.2) is 9.78 Å². The van der Waals surface area contributed by atoms with Crippen LogP contribution < -0.4 is 10.6 Å². The van der Waals surface area contributed by atoms with Gasteiger partial charge in [0.2, 0.25) is 0 Å². The van der Waals surface area contributed by atoms with E-state index in [1.165, 1.54) is 0 Å². The lowest BCUT2D eigenvalue weighted by atomic mass is 10.0. The molecule has 0 saturated heterocycles. The van der Waals surface area contributed by atoms with Crippen molar-refractivity contribution in [1.29, 1.82) is 0 Å². The highest BCUT2D eigenvalue weighted by atomic mass is 16.4. The van der Waals surface area contributed by atoms with Gasteiger partial charge in [-0.1, -0.05) is 42.5 Å². The highest BCUT2D eigenvalue weighted by Gasteiger charge is 2.14. The number of benzene rings is 2. The molecule has 0 aliphatic rings. The standard InChI is InChI=1S/C21H24N4O3/c26-20(27)11-10-17(14-16-6-2-1-3-7-16)24-21(28)22-12-13-25-15-23-18-8-4-5-9-19(18)25/h1-9,15,17H,10-14H2,(H,26,27)(H2,22,24,28). The van der Waals surface area contributed by atoms with Crippen molar-refractivity contribution in [3.8, 4) is 0 Å². The van der Waals surface area contributed by atoms with Gasteiger partial charge < -0.3 is 20.3 Å². The Morgan fingerprint density at radius 3 is 2.61 bits per heavy atom. The number of fused-ring (bicyclic) bond motifs is 1. The smallest absolute Gasteiger partial charge is 0.315 e. The van der Waals surface area contributed by atoms with Crippen molar-refractivity contribution in [3.05, 3.63) is 66.5 Å². The van der Waals surface area contributed by atoms with Gasteiger partial charge in [0.15, 0.2) is 0 Å². The van der Waals surface area contributed by atoms with Crippen molar-refractivity contribution in [3.63, 3.8) is 0 Å². The number of nitrogens with zero attached hydrogens (tertiary/aromatic N) is 2. The first-order valence-electron chi connectivity index (χ1n) is 9.32. The topological polar surface area (TPSA) is 96.3 Å². The summed E-state index contributed by atoms with van der Waals surface area (Å²) in [6.45, 7) is 1.05. The molecule has 1 atom stereocenters. The minimum absolute atomic E-state index is 0.0127. The highest BCUT2D eigenvalue weighted by Crippen LogP contribution is 2.11. The van der Waals surface area contributed by atoms with E-state index in [0.29, 0.717) is 25.9 Å². The molecule has 0 spiro atoms. The number of para-hydroxylation sites is 2. The number of aliphatic carboxylic acids is 1. The first-order valence-corrected chi connectivity index (χ1v) is 9.32. The van der Waals surface area contributed by atoms with Crippen LogP contribution in [0.1, 0.15) is 18.4 Å². The number of urea groups is 1. The summed E-state index contributed by atoms with van der Waals surface area (Å²) in [5.74, 6) is -0.868. The molecule has 0 aliphatic heterocycles. The number of carbonyl (C=O) groups is 2. The van der Waals surface area contributed by atoms with E-state index in [2.05, 4.69) is 15.6 Å². The molecule has 2 aromatic carbocycles. The summed E-state index contributed by atoms with van der Waals surface area (Å²) in [5, 5.41) is 14.7. The van der Waals surface area contributed by atoms with Crippen molar-refractivity contribution < 1.29 is 14.7 Å². The molecule has 146 valence electrons. The van der Waals surface area contributed by atoms with Gasteiger partial charge in [-0.3, -0.25) is 4.79 Å². The van der Waals surface area contributed by atoms with Crippen LogP contribution in [0.5, 0.6) is 0 Å². The van der Waals surface area contributed by atoms with E-state index in [4.69, 9.17) is 5.11 Å². The molecular formula is C21H24N4O3. The molecule has 28 heavy (non-hydrogen) atoms. The van der Waals surface area contributed by atoms with Crippen LogP contribution in [0.15, 0.2) is 60.9 Å². The molecule has 0 radical (unpaired) electrons. The first kappa shape index (κ1) is 19.4. The molecular weight excluding hydrogens is 356 g/mol. The van der Waals surface area contributed by atoms with E-state index in [9.17, 15) is 9.59 Å². The Labute approximate surface area is 163 Å². The lowest BCUT2D eigenvalue weighted by molar-refractivity contribution is -0.137. The molecule has 1 aromatic heterocycles. The second-order valence-electron chi connectivity index (χ2n) is 6.65. The number of imidazole rings is 1. The number of carboxylic acids is 1. The molecule has 3 aromatic rings. The highest BCUT2D eigenvalue weighted by molar-refractivity contribution is 5.75. The molecule has 1 unspecified atom stereocenters. The Morgan fingerprint density at radius 2 is 1.82 bits per heavy atom. The van der Waals surface area contributed by atoms with Crippen LogP contribution in [0.25, 0.3) is 11.0 Å². The average molecular weight is 380 g/mol.